The minimum absolute atomic E-state index is 0.105. The van der Waals surface area contributed by atoms with Crippen LogP contribution in [0, 0.1) is 13.8 Å². The van der Waals surface area contributed by atoms with Gasteiger partial charge < -0.3 is 19.4 Å². The molecule has 0 radical (unpaired) electrons. The SMILES string of the molecule is Cc1cc(C)n2ncc(C(=O)Nc3ccc(-c4cn(C5C[C@H](C(=O)N6CCC(c7cc8cc(Cl)ccc8o7)CC6)N(C(=O)OC(C)(C)C)C5)nn4)cc3)c2n1. The van der Waals surface area contributed by atoms with Gasteiger partial charge in [0.15, 0.2) is 5.65 Å². The average Bonchev–Trinajstić information content (AvgIpc) is 3.96. The normalized spacial score (nSPS) is 18.0. The Morgan fingerprint density at radius 3 is 2.51 bits per heavy atom. The number of amides is 3. The van der Waals surface area contributed by atoms with Crippen LogP contribution in [0.3, 0.4) is 0 Å². The van der Waals surface area contributed by atoms with E-state index in [4.69, 9.17) is 20.8 Å². The second kappa shape index (κ2) is 14.1. The largest absolute Gasteiger partial charge is 0.461 e. The van der Waals surface area contributed by atoms with Gasteiger partial charge in [-0.15, -0.1) is 5.10 Å². The molecule has 6 aromatic rings. The molecule has 2 aromatic carbocycles. The number of hydrogen-bond donors (Lipinski definition) is 1. The Morgan fingerprint density at radius 1 is 1.00 bits per heavy atom. The third kappa shape index (κ3) is 7.38. The molecule has 6 heterocycles. The molecule has 55 heavy (non-hydrogen) atoms. The van der Waals surface area contributed by atoms with Gasteiger partial charge in [0.2, 0.25) is 5.91 Å². The van der Waals surface area contributed by atoms with Crippen molar-refractivity contribution in [2.24, 2.45) is 0 Å². The Kier molecular flexibility index (Phi) is 9.32. The number of furan rings is 1. The topological polar surface area (TPSA) is 153 Å². The lowest BCUT2D eigenvalue weighted by atomic mass is 9.93. The number of rotatable bonds is 6. The van der Waals surface area contributed by atoms with Crippen molar-refractivity contribution in [2.75, 3.05) is 25.0 Å². The second-order valence-electron chi connectivity index (χ2n) is 15.4. The molecule has 8 rings (SSSR count). The highest BCUT2D eigenvalue weighted by molar-refractivity contribution is 6.31. The lowest BCUT2D eigenvalue weighted by molar-refractivity contribution is -0.137. The minimum atomic E-state index is -0.730. The fourth-order valence-corrected chi connectivity index (χ4v) is 7.71. The maximum atomic E-state index is 14.1. The smallest absolute Gasteiger partial charge is 0.411 e. The zero-order valence-corrected chi connectivity index (χ0v) is 32.1. The van der Waals surface area contributed by atoms with Crippen LogP contribution in [0.5, 0.6) is 0 Å². The summed E-state index contributed by atoms with van der Waals surface area (Å²) in [7, 11) is 0. The fourth-order valence-electron chi connectivity index (χ4n) is 7.53. The number of piperidine rings is 1. The van der Waals surface area contributed by atoms with E-state index in [9.17, 15) is 14.4 Å². The Morgan fingerprint density at radius 2 is 1.76 bits per heavy atom. The Bertz CT molecular complexity index is 2420. The first kappa shape index (κ1) is 36.2. The van der Waals surface area contributed by atoms with Crippen molar-refractivity contribution in [3.8, 4) is 11.3 Å². The van der Waals surface area contributed by atoms with E-state index in [0.29, 0.717) is 47.1 Å². The molecule has 3 amide bonds. The molecular formula is C40H42ClN9O5. The predicted octanol–water partition coefficient (Wildman–Crippen LogP) is 7.21. The molecule has 284 valence electrons. The van der Waals surface area contributed by atoms with Crippen LogP contribution in [-0.2, 0) is 9.53 Å². The molecule has 2 saturated heterocycles. The van der Waals surface area contributed by atoms with Crippen LogP contribution >= 0.6 is 11.6 Å². The zero-order valence-electron chi connectivity index (χ0n) is 31.3. The second-order valence-corrected chi connectivity index (χ2v) is 15.9. The number of aromatic nitrogens is 6. The number of anilines is 1. The molecule has 2 atom stereocenters. The van der Waals surface area contributed by atoms with Crippen molar-refractivity contribution < 1.29 is 23.5 Å². The van der Waals surface area contributed by atoms with Gasteiger partial charge in [0.25, 0.3) is 5.91 Å². The van der Waals surface area contributed by atoms with Crippen LogP contribution in [0.4, 0.5) is 10.5 Å². The number of aryl methyl sites for hydroxylation is 2. The first-order chi connectivity index (χ1) is 26.3. The van der Waals surface area contributed by atoms with Crippen LogP contribution in [0.15, 0.2) is 71.4 Å². The molecule has 4 aromatic heterocycles. The van der Waals surface area contributed by atoms with Crippen LogP contribution < -0.4 is 5.32 Å². The van der Waals surface area contributed by atoms with E-state index in [1.54, 1.807) is 21.3 Å². The molecule has 2 fully saturated rings. The summed E-state index contributed by atoms with van der Waals surface area (Å²) >= 11 is 6.18. The Labute approximate surface area is 322 Å². The van der Waals surface area contributed by atoms with Gasteiger partial charge in [-0.25, -0.2) is 19.0 Å². The van der Waals surface area contributed by atoms with Crippen molar-refractivity contribution in [1.29, 1.82) is 0 Å². The number of nitrogens with one attached hydrogen (secondary N) is 1. The summed E-state index contributed by atoms with van der Waals surface area (Å²) in [5.74, 6) is 0.655. The van der Waals surface area contributed by atoms with Crippen molar-refractivity contribution >= 4 is 51.8 Å². The van der Waals surface area contributed by atoms with Gasteiger partial charge in [0.1, 0.15) is 34.2 Å². The first-order valence-corrected chi connectivity index (χ1v) is 18.8. The van der Waals surface area contributed by atoms with E-state index in [0.717, 1.165) is 46.5 Å². The monoisotopic (exact) mass is 763 g/mol. The van der Waals surface area contributed by atoms with Crippen molar-refractivity contribution in [2.45, 2.75) is 77.5 Å². The lowest BCUT2D eigenvalue weighted by Crippen LogP contribution is -2.50. The van der Waals surface area contributed by atoms with Crippen molar-refractivity contribution in [3.05, 3.63) is 94.7 Å². The van der Waals surface area contributed by atoms with E-state index in [1.165, 1.54) is 11.1 Å². The third-order valence-electron chi connectivity index (χ3n) is 10.2. The summed E-state index contributed by atoms with van der Waals surface area (Å²) in [5.41, 5.74) is 4.64. The van der Waals surface area contributed by atoms with Gasteiger partial charge in [-0.05, 0) is 89.9 Å². The third-order valence-corrected chi connectivity index (χ3v) is 10.5. The Hall–Kier alpha value is -5.76. The number of benzene rings is 2. The van der Waals surface area contributed by atoms with E-state index < -0.39 is 17.7 Å². The molecule has 14 nitrogen and oxygen atoms in total. The molecule has 15 heteroatoms. The first-order valence-electron chi connectivity index (χ1n) is 18.4. The summed E-state index contributed by atoms with van der Waals surface area (Å²) in [6.07, 6.45) is 4.66. The number of carbonyl (C=O) groups excluding carboxylic acids is 3. The summed E-state index contributed by atoms with van der Waals surface area (Å²) < 4.78 is 15.3. The number of likely N-dealkylation sites (tertiary alicyclic amines) is 2. The number of nitrogens with zero attached hydrogens (tertiary/aromatic N) is 8. The number of carbonyl (C=O) groups is 3. The van der Waals surface area contributed by atoms with Gasteiger partial charge in [0.05, 0.1) is 18.4 Å². The van der Waals surface area contributed by atoms with E-state index in [1.807, 2.05) is 88.2 Å². The summed E-state index contributed by atoms with van der Waals surface area (Å²) in [6.45, 7) is 10.6. The standard InChI is InChI=1S/C40H42ClN9O5/c1-23-16-24(2)50-36(43-23)31(20-42-50)37(51)44-29-9-6-25(7-10-29)32-22-49(46-45-32)30-19-33(48(21-30)39(53)55-40(3,4)5)38(52)47-14-12-26(13-15-47)35-18-27-17-28(41)8-11-34(27)54-35/h6-11,16-18,20,22,26,30,33H,12-15,19,21H2,1-5H3,(H,44,51)/t30?,33-/m1/s1. The van der Waals surface area contributed by atoms with Gasteiger partial charge in [-0.1, -0.05) is 28.9 Å². The molecule has 0 saturated carbocycles. The van der Waals surface area contributed by atoms with E-state index in [-0.39, 0.29) is 30.3 Å². The van der Waals surface area contributed by atoms with Crippen LogP contribution in [0.1, 0.15) is 79.5 Å². The number of fused-ring (bicyclic) bond motifs is 2. The van der Waals surface area contributed by atoms with Gasteiger partial charge in [-0.3, -0.25) is 14.5 Å². The number of ether oxygens (including phenoxy) is 1. The van der Waals surface area contributed by atoms with Crippen LogP contribution in [0.25, 0.3) is 27.9 Å². The molecule has 0 spiro atoms. The summed E-state index contributed by atoms with van der Waals surface area (Å²) in [4.78, 5) is 48.7. The molecule has 1 N–H and O–H groups in total. The molecule has 0 bridgehead atoms. The quantitative estimate of drug-likeness (QED) is 0.185. The van der Waals surface area contributed by atoms with Gasteiger partial charge >= 0.3 is 6.09 Å². The zero-order chi connectivity index (χ0) is 38.6. The van der Waals surface area contributed by atoms with Crippen LogP contribution in [0.2, 0.25) is 5.02 Å². The van der Waals surface area contributed by atoms with Gasteiger partial charge in [0, 0.05) is 65.0 Å². The number of halogens is 1. The average molecular weight is 764 g/mol. The molecule has 1 unspecified atom stereocenters. The molecule has 0 aliphatic carbocycles. The van der Waals surface area contributed by atoms with E-state index in [2.05, 4.69) is 25.7 Å². The molecule has 2 aliphatic rings. The van der Waals surface area contributed by atoms with Crippen molar-refractivity contribution in [3.63, 3.8) is 0 Å². The highest BCUT2D eigenvalue weighted by Gasteiger charge is 2.45. The molecular weight excluding hydrogens is 722 g/mol. The highest BCUT2D eigenvalue weighted by atomic mass is 35.5. The Balaban J connectivity index is 0.942. The highest BCUT2D eigenvalue weighted by Crippen LogP contribution is 2.36. The number of hydrogen-bond acceptors (Lipinski definition) is 9. The predicted molar refractivity (Wildman–Crippen MR) is 206 cm³/mol. The van der Waals surface area contributed by atoms with Crippen LogP contribution in [-0.4, -0.2) is 88.6 Å². The molecule has 2 aliphatic heterocycles. The summed E-state index contributed by atoms with van der Waals surface area (Å²) in [6, 6.07) is 15.8. The fraction of sp³-hybridized carbons (Fsp3) is 0.375. The maximum Gasteiger partial charge on any atom is 0.411 e. The van der Waals surface area contributed by atoms with E-state index >= 15 is 0 Å². The maximum absolute atomic E-state index is 14.1. The minimum Gasteiger partial charge on any atom is -0.461 e. The van der Waals surface area contributed by atoms with Crippen molar-refractivity contribution in [1.82, 2.24) is 39.4 Å². The summed E-state index contributed by atoms with van der Waals surface area (Å²) in [5, 5.41) is 17.7. The van der Waals surface area contributed by atoms with Gasteiger partial charge in [-0.2, -0.15) is 5.10 Å². The lowest BCUT2D eigenvalue weighted by Gasteiger charge is -2.35.